The quantitative estimate of drug-likeness (QED) is 0.516. The molecule has 0 aliphatic carbocycles. The van der Waals surface area contributed by atoms with Gasteiger partial charge in [-0.3, -0.25) is 19.7 Å². The van der Waals surface area contributed by atoms with Gasteiger partial charge in [0, 0.05) is 14.1 Å². The Morgan fingerprint density at radius 2 is 1.75 bits per heavy atom. The average molecular weight is 169 g/mol. The summed E-state index contributed by atoms with van der Waals surface area (Å²) in [4.78, 5) is 22.2. The van der Waals surface area contributed by atoms with Crippen LogP contribution in [-0.4, -0.2) is 9.13 Å². The third-order valence-corrected chi connectivity index (χ3v) is 1.71. The summed E-state index contributed by atoms with van der Waals surface area (Å²) in [5.41, 5.74) is 11.0. The summed E-state index contributed by atoms with van der Waals surface area (Å²) in [7, 11) is 2.72. The Morgan fingerprint density at radius 1 is 1.25 bits per heavy atom. The maximum absolute atomic E-state index is 11.1. The third kappa shape index (κ3) is 0.884. The van der Waals surface area contributed by atoms with Gasteiger partial charge in [-0.05, 0) is 0 Å². The monoisotopic (exact) mass is 169 g/mol. The molecule has 1 heterocycles. The van der Waals surface area contributed by atoms with Gasteiger partial charge in [0.2, 0.25) is 0 Å². The number of hydrogen-bond donors (Lipinski definition) is 1. The minimum atomic E-state index is -0.671. The van der Waals surface area contributed by atoms with Gasteiger partial charge < -0.3 is 5.73 Å². The molecule has 0 aromatic carbocycles. The molecule has 0 aliphatic heterocycles. The Morgan fingerprint density at radius 3 is 2.25 bits per heavy atom. The van der Waals surface area contributed by atoms with E-state index in [0.717, 1.165) is 9.13 Å². The van der Waals surface area contributed by atoms with Gasteiger partial charge in [0.1, 0.15) is 5.82 Å². The summed E-state index contributed by atoms with van der Waals surface area (Å²) < 4.78 is 1.91. The van der Waals surface area contributed by atoms with Crippen LogP contribution in [0, 0.1) is 0 Å². The van der Waals surface area contributed by atoms with E-state index >= 15 is 0 Å². The summed E-state index contributed by atoms with van der Waals surface area (Å²) in [5, 5.41) is 0. The number of hydrogen-bond acceptors (Lipinski definition) is 3. The van der Waals surface area contributed by atoms with Crippen molar-refractivity contribution in [3.05, 3.63) is 20.8 Å². The first-order chi connectivity index (χ1) is 5.46. The molecule has 0 atom stereocenters. The zero-order chi connectivity index (χ0) is 9.46. The van der Waals surface area contributed by atoms with Crippen molar-refractivity contribution < 1.29 is 0 Å². The third-order valence-electron chi connectivity index (χ3n) is 1.71. The summed E-state index contributed by atoms with van der Waals surface area (Å²) in [6.45, 7) is 0. The van der Waals surface area contributed by atoms with Gasteiger partial charge in [0.05, 0.1) is 0 Å². The van der Waals surface area contributed by atoms with Crippen molar-refractivity contribution in [2.45, 2.75) is 0 Å². The lowest BCUT2D eigenvalue weighted by molar-refractivity contribution is 0.694. The van der Waals surface area contributed by atoms with Gasteiger partial charge in [0.15, 0.2) is 5.69 Å². The molecule has 0 aliphatic rings. The highest BCUT2D eigenvalue weighted by Gasteiger charge is 2.09. The lowest BCUT2D eigenvalue weighted by atomic mass is 10.4. The van der Waals surface area contributed by atoms with E-state index in [2.05, 4.69) is 0 Å². The van der Waals surface area contributed by atoms with Gasteiger partial charge in [-0.25, -0.2) is 4.79 Å². The molecule has 0 fully saturated rings. The summed E-state index contributed by atoms with van der Waals surface area (Å²) >= 11 is 0. The van der Waals surface area contributed by atoms with Gasteiger partial charge in [-0.2, -0.15) is 0 Å². The minimum absolute atomic E-state index is 0.108. The van der Waals surface area contributed by atoms with Crippen LogP contribution >= 0.6 is 0 Å². The fraction of sp³-hybridized carbons (Fsp3) is 0.333. The maximum Gasteiger partial charge on any atom is 0.332 e. The molecule has 12 heavy (non-hydrogen) atoms. The number of anilines is 1. The fourth-order valence-corrected chi connectivity index (χ4v) is 0.860. The van der Waals surface area contributed by atoms with Crippen molar-refractivity contribution in [1.82, 2.24) is 14.9 Å². The predicted octanol–water partition coefficient (Wildman–Crippen LogP) is -1.42. The molecule has 1 aromatic rings. The van der Waals surface area contributed by atoms with E-state index in [9.17, 15) is 9.59 Å². The van der Waals surface area contributed by atoms with Crippen LogP contribution in [0.4, 0.5) is 11.5 Å². The summed E-state index contributed by atoms with van der Waals surface area (Å²) in [5.74, 6) is -0.108. The fourth-order valence-electron chi connectivity index (χ4n) is 0.860. The van der Waals surface area contributed by atoms with Crippen LogP contribution < -0.4 is 22.7 Å². The topological polar surface area (TPSA) is 93.8 Å². The van der Waals surface area contributed by atoms with Crippen molar-refractivity contribution in [2.75, 3.05) is 5.73 Å². The Hall–Kier alpha value is -1.72. The summed E-state index contributed by atoms with van der Waals surface area (Å²) in [6.07, 6.45) is 0. The molecule has 1 rings (SSSR count). The predicted molar refractivity (Wildman–Crippen MR) is 44.1 cm³/mol. The largest absolute Gasteiger partial charge is 0.383 e. The zero-order valence-corrected chi connectivity index (χ0v) is 6.79. The highest BCUT2D eigenvalue weighted by molar-refractivity contribution is 5.53. The van der Waals surface area contributed by atoms with E-state index in [4.69, 9.17) is 11.5 Å². The Labute approximate surface area is 68.0 Å². The van der Waals surface area contributed by atoms with Crippen LogP contribution in [0.1, 0.15) is 0 Å². The van der Waals surface area contributed by atoms with Crippen molar-refractivity contribution in [2.24, 2.45) is 14.1 Å². The second kappa shape index (κ2) is 2.40. The van der Waals surface area contributed by atoms with Crippen LogP contribution in [0.3, 0.4) is 0 Å². The van der Waals surface area contributed by atoms with Crippen LogP contribution in [0.25, 0.3) is 0 Å². The average Bonchev–Trinajstić information content (AvgIpc) is 2.08. The highest BCUT2D eigenvalue weighted by Crippen LogP contribution is 2.04. The number of nitrogen functional groups attached to an aromatic ring is 1. The Kier molecular flexibility index (Phi) is 1.68. The van der Waals surface area contributed by atoms with Crippen LogP contribution in [0.15, 0.2) is 9.59 Å². The molecule has 0 bridgehead atoms. The van der Waals surface area contributed by atoms with E-state index in [0.29, 0.717) is 0 Å². The number of aromatic nitrogens is 2. The first kappa shape index (κ1) is 8.38. The molecule has 0 saturated heterocycles. The molecule has 6 heteroatoms. The lowest BCUT2D eigenvalue weighted by Gasteiger charge is -2.06. The Bertz CT molecular complexity index is 391. The van der Waals surface area contributed by atoms with E-state index in [1.54, 1.807) is 0 Å². The van der Waals surface area contributed by atoms with E-state index < -0.39 is 11.2 Å². The van der Waals surface area contributed by atoms with E-state index in [1.807, 2.05) is 0 Å². The minimum Gasteiger partial charge on any atom is -0.383 e. The van der Waals surface area contributed by atoms with Gasteiger partial charge in [-0.1, -0.05) is 0 Å². The van der Waals surface area contributed by atoms with E-state index in [-0.39, 0.29) is 11.5 Å². The van der Waals surface area contributed by atoms with Crippen molar-refractivity contribution in [3.63, 3.8) is 0 Å². The normalized spacial score (nSPS) is 10.2. The van der Waals surface area contributed by atoms with Crippen molar-refractivity contribution in [1.29, 1.82) is 0 Å². The van der Waals surface area contributed by atoms with Crippen LogP contribution in [0.2, 0.25) is 0 Å². The molecule has 0 unspecified atom stereocenters. The highest BCUT2D eigenvalue weighted by atomic mass is 16.2. The smallest absolute Gasteiger partial charge is 0.332 e. The molecule has 3 N–H and O–H groups in total. The van der Waals surface area contributed by atoms with Gasteiger partial charge in [0.25, 0.3) is 5.56 Å². The maximum atomic E-state index is 11.1. The number of nitrogens with two attached hydrogens (primary N) is 1. The molecule has 65 valence electrons. The molecular weight excluding hydrogens is 160 g/mol. The molecule has 1 radical (unpaired) electrons. The Balaban J connectivity index is 3.86. The van der Waals surface area contributed by atoms with Crippen molar-refractivity contribution >= 4 is 11.5 Å². The van der Waals surface area contributed by atoms with Crippen LogP contribution in [-0.2, 0) is 14.1 Å². The first-order valence-electron chi connectivity index (χ1n) is 3.24. The molecule has 1 aromatic heterocycles. The molecule has 0 amide bonds. The van der Waals surface area contributed by atoms with Gasteiger partial charge in [-0.15, -0.1) is 0 Å². The van der Waals surface area contributed by atoms with Crippen LogP contribution in [0.5, 0.6) is 0 Å². The van der Waals surface area contributed by atoms with E-state index in [1.165, 1.54) is 14.1 Å². The standard InChI is InChI=1S/C6H9N4O2/c1-9-4(8)3(7)5(11)10(2)6(9)12/h7H,8H2,1-2H3. The number of nitrogens with one attached hydrogen (secondary N) is 1. The van der Waals surface area contributed by atoms with Crippen molar-refractivity contribution in [3.8, 4) is 0 Å². The number of nitrogens with zero attached hydrogens (tertiary/aromatic N) is 2. The zero-order valence-electron chi connectivity index (χ0n) is 6.79. The second-order valence-corrected chi connectivity index (χ2v) is 2.47. The molecule has 6 nitrogen and oxygen atoms in total. The molecule has 0 saturated carbocycles. The summed E-state index contributed by atoms with van der Waals surface area (Å²) in [6, 6.07) is 0. The molecule has 0 spiro atoms. The lowest BCUT2D eigenvalue weighted by Crippen LogP contribution is -2.38. The molecular formula is C6H9N4O2. The second-order valence-electron chi connectivity index (χ2n) is 2.47. The SMILES string of the molecule is Cn1c(N)c([NH])c(=O)n(C)c1=O. The number of rotatable bonds is 0. The van der Waals surface area contributed by atoms with Gasteiger partial charge >= 0.3 is 5.69 Å². The first-order valence-corrected chi connectivity index (χ1v) is 3.24.